The van der Waals surface area contributed by atoms with Gasteiger partial charge in [0.2, 0.25) is 5.82 Å². The van der Waals surface area contributed by atoms with Crippen LogP contribution in [0.3, 0.4) is 0 Å². The topological polar surface area (TPSA) is 98.9 Å². The highest BCUT2D eigenvalue weighted by atomic mass is 35.5. The van der Waals surface area contributed by atoms with Crippen LogP contribution in [0.25, 0.3) is 0 Å². The maximum absolute atomic E-state index is 11.1. The first-order valence-corrected chi connectivity index (χ1v) is 10.4. The fraction of sp³-hybridized carbons (Fsp3) is 0.143. The van der Waals surface area contributed by atoms with Crippen LogP contribution in [0.5, 0.6) is 11.5 Å². The number of aromatic nitrogens is 1. The molecule has 0 aliphatic heterocycles. The van der Waals surface area contributed by atoms with E-state index in [-0.39, 0.29) is 18.1 Å². The number of anilines is 1. The Hall–Kier alpha value is -3.07. The average molecular weight is 496 g/mol. The predicted octanol–water partition coefficient (Wildman–Crippen LogP) is 6.37. The molecule has 3 rings (SSSR count). The van der Waals surface area contributed by atoms with Crippen molar-refractivity contribution < 1.29 is 14.4 Å². The lowest BCUT2D eigenvalue weighted by Crippen LogP contribution is -2.02. The Morgan fingerprint density at radius 2 is 1.94 bits per heavy atom. The zero-order valence-corrected chi connectivity index (χ0v) is 19.0. The molecule has 0 amide bonds. The van der Waals surface area contributed by atoms with Gasteiger partial charge in [-0.05, 0) is 48.4 Å². The molecule has 0 unspecified atom stereocenters. The highest BCUT2D eigenvalue weighted by molar-refractivity contribution is 6.42. The molecule has 1 N–H and O–H groups in total. The number of hydrogen-bond donors (Lipinski definition) is 1. The molecule has 2 aromatic carbocycles. The number of hydrazone groups is 1. The highest BCUT2D eigenvalue weighted by Crippen LogP contribution is 2.37. The van der Waals surface area contributed by atoms with Gasteiger partial charge in [0, 0.05) is 12.3 Å². The van der Waals surface area contributed by atoms with Crippen molar-refractivity contribution in [3.8, 4) is 11.5 Å². The Morgan fingerprint density at radius 3 is 2.66 bits per heavy atom. The summed E-state index contributed by atoms with van der Waals surface area (Å²) < 4.78 is 11.5. The summed E-state index contributed by atoms with van der Waals surface area (Å²) in [6.07, 6.45) is 2.87. The maximum Gasteiger partial charge on any atom is 0.313 e. The summed E-state index contributed by atoms with van der Waals surface area (Å²) in [6.45, 7) is 2.42. The molecule has 0 saturated carbocycles. The molecule has 0 atom stereocenters. The van der Waals surface area contributed by atoms with Gasteiger partial charge < -0.3 is 9.47 Å². The van der Waals surface area contributed by atoms with Crippen molar-refractivity contribution in [3.05, 3.63) is 85.0 Å². The van der Waals surface area contributed by atoms with Gasteiger partial charge in [-0.15, -0.1) is 0 Å². The normalized spacial score (nSPS) is 10.9. The van der Waals surface area contributed by atoms with Crippen LogP contribution < -0.4 is 14.9 Å². The SMILES string of the molecule is CCOc1cc(/C=N\Nc2ncccc2[N+](=O)[O-])cc(Cl)c1OCc1ccc(Cl)c(Cl)c1. The molecule has 0 saturated heterocycles. The zero-order valence-electron chi connectivity index (χ0n) is 16.7. The van der Waals surface area contributed by atoms with E-state index in [4.69, 9.17) is 44.3 Å². The molecule has 0 bridgehead atoms. The Kier molecular flexibility index (Phi) is 8.10. The van der Waals surface area contributed by atoms with E-state index in [1.54, 1.807) is 30.3 Å². The van der Waals surface area contributed by atoms with Gasteiger partial charge in [-0.1, -0.05) is 40.9 Å². The summed E-state index contributed by atoms with van der Waals surface area (Å²) in [5, 5.41) is 16.3. The number of halogens is 3. The number of rotatable bonds is 9. The predicted molar refractivity (Wildman–Crippen MR) is 126 cm³/mol. The lowest BCUT2D eigenvalue weighted by Gasteiger charge is -2.14. The van der Waals surface area contributed by atoms with E-state index >= 15 is 0 Å². The van der Waals surface area contributed by atoms with Gasteiger partial charge in [0.1, 0.15) is 6.61 Å². The third-order valence-corrected chi connectivity index (χ3v) is 5.09. The Morgan fingerprint density at radius 1 is 1.12 bits per heavy atom. The molecule has 32 heavy (non-hydrogen) atoms. The molecule has 1 aromatic heterocycles. The van der Waals surface area contributed by atoms with Gasteiger partial charge in [0.25, 0.3) is 0 Å². The lowest BCUT2D eigenvalue weighted by molar-refractivity contribution is -0.384. The van der Waals surface area contributed by atoms with E-state index in [1.807, 2.05) is 6.92 Å². The van der Waals surface area contributed by atoms with E-state index in [0.717, 1.165) is 5.56 Å². The Balaban J connectivity index is 1.78. The van der Waals surface area contributed by atoms with Gasteiger partial charge >= 0.3 is 5.69 Å². The highest BCUT2D eigenvalue weighted by Gasteiger charge is 2.14. The van der Waals surface area contributed by atoms with Crippen molar-refractivity contribution >= 4 is 52.5 Å². The molecule has 0 spiro atoms. The molecule has 0 aliphatic carbocycles. The molecule has 166 valence electrons. The second-order valence-corrected chi connectivity index (χ2v) is 7.52. The van der Waals surface area contributed by atoms with Crippen LogP contribution in [0.4, 0.5) is 11.5 Å². The second-order valence-electron chi connectivity index (χ2n) is 6.30. The van der Waals surface area contributed by atoms with Crippen molar-refractivity contribution in [2.45, 2.75) is 13.5 Å². The van der Waals surface area contributed by atoms with Crippen molar-refractivity contribution in [1.82, 2.24) is 4.98 Å². The van der Waals surface area contributed by atoms with Crippen LogP contribution in [0.2, 0.25) is 15.1 Å². The zero-order chi connectivity index (χ0) is 23.1. The summed E-state index contributed by atoms with van der Waals surface area (Å²) in [4.78, 5) is 14.4. The van der Waals surface area contributed by atoms with Crippen molar-refractivity contribution in [2.75, 3.05) is 12.0 Å². The number of hydrogen-bond acceptors (Lipinski definition) is 7. The molecule has 0 aliphatic rings. The minimum absolute atomic E-state index is 0.0199. The summed E-state index contributed by atoms with van der Waals surface area (Å²) in [5.41, 5.74) is 3.77. The molecule has 3 aromatic rings. The van der Waals surface area contributed by atoms with E-state index in [9.17, 15) is 10.1 Å². The van der Waals surface area contributed by atoms with Crippen molar-refractivity contribution in [2.24, 2.45) is 5.10 Å². The number of benzene rings is 2. The Labute approximate surface area is 198 Å². The van der Waals surface area contributed by atoms with E-state index in [2.05, 4.69) is 15.5 Å². The Bertz CT molecular complexity index is 1160. The number of ether oxygens (including phenoxy) is 2. The van der Waals surface area contributed by atoms with Crippen LogP contribution >= 0.6 is 34.8 Å². The number of nitrogens with one attached hydrogen (secondary N) is 1. The van der Waals surface area contributed by atoms with Crippen molar-refractivity contribution in [3.63, 3.8) is 0 Å². The van der Waals surface area contributed by atoms with Crippen LogP contribution in [0.1, 0.15) is 18.1 Å². The first-order valence-electron chi connectivity index (χ1n) is 9.30. The van der Waals surface area contributed by atoms with Gasteiger partial charge in [-0.2, -0.15) is 5.10 Å². The monoisotopic (exact) mass is 494 g/mol. The lowest BCUT2D eigenvalue weighted by atomic mass is 10.2. The van der Waals surface area contributed by atoms with Crippen LogP contribution in [0.15, 0.2) is 53.8 Å². The summed E-state index contributed by atoms with van der Waals surface area (Å²) in [5.74, 6) is 0.807. The quantitative estimate of drug-likeness (QED) is 0.210. The van der Waals surface area contributed by atoms with Crippen molar-refractivity contribution in [1.29, 1.82) is 0 Å². The molecule has 1 heterocycles. The van der Waals surface area contributed by atoms with Gasteiger partial charge in [0.05, 0.1) is 32.8 Å². The summed E-state index contributed by atoms with van der Waals surface area (Å²) in [6, 6.07) is 11.3. The van der Waals surface area contributed by atoms with Gasteiger partial charge in [-0.3, -0.25) is 15.5 Å². The molecule has 0 fully saturated rings. The minimum atomic E-state index is -0.547. The largest absolute Gasteiger partial charge is 0.490 e. The van der Waals surface area contributed by atoms with E-state index < -0.39 is 4.92 Å². The standard InChI is InChI=1S/C21H17Cl3N4O4/c1-2-31-19-10-14(11-26-27-21-18(28(29)30)4-3-7-25-21)9-17(24)20(19)32-12-13-5-6-15(22)16(23)8-13/h3-11H,2,12H2,1H3,(H,25,27)/b26-11-. The average Bonchev–Trinajstić information content (AvgIpc) is 2.76. The first-order chi connectivity index (χ1) is 15.4. The minimum Gasteiger partial charge on any atom is -0.490 e. The molecule has 11 heteroatoms. The van der Waals surface area contributed by atoms with Gasteiger partial charge in [-0.25, -0.2) is 4.98 Å². The van der Waals surface area contributed by atoms with Gasteiger partial charge in [0.15, 0.2) is 11.5 Å². The smallest absolute Gasteiger partial charge is 0.313 e. The first kappa shape index (κ1) is 23.6. The van der Waals surface area contributed by atoms with Crippen LogP contribution in [0, 0.1) is 10.1 Å². The number of nitrogens with zero attached hydrogens (tertiary/aromatic N) is 3. The number of nitro groups is 1. The molecular weight excluding hydrogens is 479 g/mol. The molecule has 8 nitrogen and oxygen atoms in total. The number of pyridine rings is 1. The van der Waals surface area contributed by atoms with E-state index in [0.29, 0.717) is 38.7 Å². The third-order valence-electron chi connectivity index (χ3n) is 4.07. The maximum atomic E-state index is 11.1. The summed E-state index contributed by atoms with van der Waals surface area (Å²) >= 11 is 18.4. The second kappa shape index (κ2) is 11.0. The van der Waals surface area contributed by atoms with E-state index in [1.165, 1.54) is 24.5 Å². The molecule has 0 radical (unpaired) electrons. The fourth-order valence-corrected chi connectivity index (χ4v) is 3.24. The third kappa shape index (κ3) is 6.00. The van der Waals surface area contributed by atoms with Crippen LogP contribution in [-0.2, 0) is 6.61 Å². The summed E-state index contributed by atoms with van der Waals surface area (Å²) in [7, 11) is 0. The molecular formula is C21H17Cl3N4O4. The fourth-order valence-electron chi connectivity index (χ4n) is 2.65. The van der Waals surface area contributed by atoms with Crippen LogP contribution in [-0.4, -0.2) is 22.7 Å².